The smallest absolute Gasteiger partial charge is 0.358 e. The van der Waals surface area contributed by atoms with Gasteiger partial charge in [0, 0.05) is 12.7 Å². The lowest BCUT2D eigenvalue weighted by molar-refractivity contribution is -0.109. The summed E-state index contributed by atoms with van der Waals surface area (Å²) >= 11 is 1.15. The van der Waals surface area contributed by atoms with Crippen LogP contribution in [0, 0.1) is 0 Å². The van der Waals surface area contributed by atoms with Crippen molar-refractivity contribution in [2.24, 2.45) is 0 Å². The Balaban J connectivity index is 2.75. The first kappa shape index (κ1) is 13.2. The molecule has 0 unspecified atom stereocenters. The summed E-state index contributed by atoms with van der Waals surface area (Å²) in [6, 6.07) is 0. The molecule has 0 radical (unpaired) electrons. The zero-order valence-corrected chi connectivity index (χ0v) is 9.90. The maximum Gasteiger partial charge on any atom is 0.358 e. The molecule has 0 aliphatic rings. The highest BCUT2D eigenvalue weighted by molar-refractivity contribution is 8.13. The summed E-state index contributed by atoms with van der Waals surface area (Å²) in [6.45, 7) is 1.48. The molecule has 0 aromatic carbocycles. The number of anilines is 1. The first-order chi connectivity index (χ1) is 8.00. The summed E-state index contributed by atoms with van der Waals surface area (Å²) in [5, 5.41) is 8.80. The van der Waals surface area contributed by atoms with Crippen molar-refractivity contribution in [3.63, 3.8) is 0 Å². The summed E-state index contributed by atoms with van der Waals surface area (Å²) in [5.41, 5.74) is 5.48. The Hall–Kier alpha value is -1.89. The SMILES string of the molecule is CC(=O)SCC=Cc1cnc(N)c(C(=O)O)n1. The molecule has 0 aliphatic heterocycles. The number of rotatable bonds is 4. The zero-order chi connectivity index (χ0) is 12.8. The van der Waals surface area contributed by atoms with Crippen molar-refractivity contribution in [2.75, 3.05) is 11.5 Å². The van der Waals surface area contributed by atoms with Crippen LogP contribution in [0.25, 0.3) is 6.08 Å². The van der Waals surface area contributed by atoms with E-state index in [4.69, 9.17) is 10.8 Å². The van der Waals surface area contributed by atoms with E-state index in [1.165, 1.54) is 13.1 Å². The fourth-order valence-electron chi connectivity index (χ4n) is 0.984. The summed E-state index contributed by atoms with van der Waals surface area (Å²) in [7, 11) is 0. The van der Waals surface area contributed by atoms with Gasteiger partial charge >= 0.3 is 5.97 Å². The highest BCUT2D eigenvalue weighted by atomic mass is 32.2. The Labute approximate surface area is 102 Å². The molecule has 0 aliphatic carbocycles. The second-order valence-corrected chi connectivity index (χ2v) is 4.24. The summed E-state index contributed by atoms with van der Waals surface area (Å²) in [6.07, 6.45) is 4.67. The lowest BCUT2D eigenvalue weighted by Crippen LogP contribution is -2.08. The molecule has 90 valence electrons. The van der Waals surface area contributed by atoms with E-state index in [2.05, 4.69) is 9.97 Å². The van der Waals surface area contributed by atoms with Crippen LogP contribution < -0.4 is 5.73 Å². The topological polar surface area (TPSA) is 106 Å². The van der Waals surface area contributed by atoms with Crippen LogP contribution >= 0.6 is 11.8 Å². The lowest BCUT2D eigenvalue weighted by atomic mass is 10.3. The molecule has 1 aromatic rings. The van der Waals surface area contributed by atoms with Gasteiger partial charge < -0.3 is 10.8 Å². The minimum Gasteiger partial charge on any atom is -0.476 e. The summed E-state index contributed by atoms with van der Waals surface area (Å²) < 4.78 is 0. The van der Waals surface area contributed by atoms with Crippen molar-refractivity contribution >= 4 is 34.7 Å². The van der Waals surface area contributed by atoms with Gasteiger partial charge in [-0.3, -0.25) is 4.79 Å². The second-order valence-electron chi connectivity index (χ2n) is 3.04. The fourth-order valence-corrected chi connectivity index (χ4v) is 1.41. The minimum atomic E-state index is -1.22. The Morgan fingerprint density at radius 1 is 1.59 bits per heavy atom. The van der Waals surface area contributed by atoms with Gasteiger partial charge in [-0.2, -0.15) is 0 Å². The predicted molar refractivity (Wildman–Crippen MR) is 65.6 cm³/mol. The van der Waals surface area contributed by atoms with E-state index in [0.29, 0.717) is 11.4 Å². The van der Waals surface area contributed by atoms with Gasteiger partial charge in [0.2, 0.25) is 0 Å². The first-order valence-electron chi connectivity index (χ1n) is 4.66. The Kier molecular flexibility index (Phi) is 4.65. The van der Waals surface area contributed by atoms with Crippen molar-refractivity contribution in [3.05, 3.63) is 23.7 Å². The van der Waals surface area contributed by atoms with Crippen molar-refractivity contribution < 1.29 is 14.7 Å². The number of thioether (sulfide) groups is 1. The number of carboxylic acids is 1. The molecular weight excluding hydrogens is 242 g/mol. The molecule has 0 amide bonds. The standard InChI is InChI=1S/C10H11N3O3S/c1-6(14)17-4-2-3-7-5-12-9(11)8(13-7)10(15)16/h2-3,5H,4H2,1H3,(H2,11,12)(H,15,16). The van der Waals surface area contributed by atoms with Crippen LogP contribution in [0.5, 0.6) is 0 Å². The van der Waals surface area contributed by atoms with E-state index in [-0.39, 0.29) is 16.6 Å². The average Bonchev–Trinajstić information content (AvgIpc) is 2.25. The maximum absolute atomic E-state index is 10.7. The molecule has 1 rings (SSSR count). The van der Waals surface area contributed by atoms with Gasteiger partial charge in [0.25, 0.3) is 0 Å². The van der Waals surface area contributed by atoms with Gasteiger partial charge in [0.15, 0.2) is 16.6 Å². The van der Waals surface area contributed by atoms with E-state index in [0.717, 1.165) is 11.8 Å². The fraction of sp³-hybridized carbons (Fsp3) is 0.200. The molecule has 0 bridgehead atoms. The van der Waals surface area contributed by atoms with Gasteiger partial charge in [-0.05, 0) is 6.08 Å². The van der Waals surface area contributed by atoms with Crippen LogP contribution in [0.1, 0.15) is 23.1 Å². The Morgan fingerprint density at radius 3 is 2.88 bits per heavy atom. The van der Waals surface area contributed by atoms with Crippen LogP contribution in [0.2, 0.25) is 0 Å². The lowest BCUT2D eigenvalue weighted by Gasteiger charge is -1.99. The Bertz CT molecular complexity index is 474. The number of hydrogen-bond donors (Lipinski definition) is 2. The van der Waals surface area contributed by atoms with E-state index in [1.54, 1.807) is 12.2 Å². The molecular formula is C10H11N3O3S. The predicted octanol–water partition coefficient (Wildman–Crippen LogP) is 1.05. The van der Waals surface area contributed by atoms with Crippen molar-refractivity contribution in [1.82, 2.24) is 9.97 Å². The third-order valence-electron chi connectivity index (χ3n) is 1.69. The number of carboxylic acid groups (broad SMARTS) is 1. The molecule has 0 saturated heterocycles. The van der Waals surface area contributed by atoms with Gasteiger partial charge in [0.05, 0.1) is 11.9 Å². The monoisotopic (exact) mass is 253 g/mol. The molecule has 6 nitrogen and oxygen atoms in total. The number of aromatic carboxylic acids is 1. The molecule has 1 heterocycles. The van der Waals surface area contributed by atoms with E-state index in [1.807, 2.05) is 0 Å². The van der Waals surface area contributed by atoms with Crippen LogP contribution in [-0.4, -0.2) is 31.9 Å². The van der Waals surface area contributed by atoms with Crippen molar-refractivity contribution in [3.8, 4) is 0 Å². The number of nitrogens with two attached hydrogens (primary N) is 1. The van der Waals surface area contributed by atoms with E-state index in [9.17, 15) is 9.59 Å². The van der Waals surface area contributed by atoms with Crippen LogP contribution in [0.3, 0.4) is 0 Å². The second kappa shape index (κ2) is 6.00. The quantitative estimate of drug-likeness (QED) is 0.825. The molecule has 0 saturated carbocycles. The van der Waals surface area contributed by atoms with Crippen LogP contribution in [0.4, 0.5) is 5.82 Å². The van der Waals surface area contributed by atoms with Gasteiger partial charge in [0.1, 0.15) is 0 Å². The highest BCUT2D eigenvalue weighted by Gasteiger charge is 2.10. The highest BCUT2D eigenvalue weighted by Crippen LogP contribution is 2.08. The van der Waals surface area contributed by atoms with Crippen molar-refractivity contribution in [2.45, 2.75) is 6.92 Å². The zero-order valence-electron chi connectivity index (χ0n) is 9.08. The summed E-state index contributed by atoms with van der Waals surface area (Å²) in [4.78, 5) is 28.9. The number of aromatic nitrogens is 2. The molecule has 7 heteroatoms. The molecule has 17 heavy (non-hydrogen) atoms. The van der Waals surface area contributed by atoms with E-state index >= 15 is 0 Å². The molecule has 1 aromatic heterocycles. The largest absolute Gasteiger partial charge is 0.476 e. The number of nitrogen functional groups attached to an aromatic ring is 1. The molecule has 0 fully saturated rings. The number of nitrogens with zero attached hydrogens (tertiary/aromatic N) is 2. The third kappa shape index (κ3) is 4.23. The van der Waals surface area contributed by atoms with Gasteiger partial charge in [-0.25, -0.2) is 14.8 Å². The number of carbonyl (C=O) groups is 2. The Morgan fingerprint density at radius 2 is 2.29 bits per heavy atom. The third-order valence-corrected chi connectivity index (χ3v) is 2.46. The number of hydrogen-bond acceptors (Lipinski definition) is 6. The van der Waals surface area contributed by atoms with Gasteiger partial charge in [-0.1, -0.05) is 17.8 Å². The van der Waals surface area contributed by atoms with Crippen molar-refractivity contribution in [1.29, 1.82) is 0 Å². The minimum absolute atomic E-state index is 0.0178. The average molecular weight is 253 g/mol. The molecule has 3 N–H and O–H groups in total. The maximum atomic E-state index is 10.7. The molecule has 0 atom stereocenters. The normalized spacial score (nSPS) is 10.6. The number of carbonyl (C=O) groups excluding carboxylic acids is 1. The summed E-state index contributed by atoms with van der Waals surface area (Å²) in [5.74, 6) is -0.833. The first-order valence-corrected chi connectivity index (χ1v) is 5.65. The van der Waals surface area contributed by atoms with E-state index < -0.39 is 5.97 Å². The molecule has 0 spiro atoms. The van der Waals surface area contributed by atoms with Gasteiger partial charge in [-0.15, -0.1) is 0 Å². The van der Waals surface area contributed by atoms with Crippen LogP contribution in [-0.2, 0) is 4.79 Å². The van der Waals surface area contributed by atoms with Crippen LogP contribution in [0.15, 0.2) is 12.3 Å².